The van der Waals surface area contributed by atoms with E-state index in [1.165, 1.54) is 6.33 Å². The number of nitrogens with one attached hydrogen (secondary N) is 1. The highest BCUT2D eigenvalue weighted by Gasteiger charge is 2.36. The van der Waals surface area contributed by atoms with Crippen LogP contribution in [0, 0.1) is 5.92 Å². The largest absolute Gasteiger partial charge is 0.461 e. The molecule has 7 N–H and O–H groups in total. The van der Waals surface area contributed by atoms with E-state index in [2.05, 4.69) is 20.3 Å². The molecule has 0 aromatic carbocycles. The molecule has 1 saturated heterocycles. The van der Waals surface area contributed by atoms with Gasteiger partial charge in [-0.15, -0.1) is 12.4 Å². The lowest BCUT2D eigenvalue weighted by Gasteiger charge is -2.30. The quantitative estimate of drug-likeness (QED) is 0.227. The van der Waals surface area contributed by atoms with Gasteiger partial charge in [-0.1, -0.05) is 13.8 Å². The molecule has 1 fully saturated rings. The summed E-state index contributed by atoms with van der Waals surface area (Å²) in [5.41, 5.74) is 18.2. The zero-order valence-electron chi connectivity index (χ0n) is 21.0. The van der Waals surface area contributed by atoms with Gasteiger partial charge in [-0.3, -0.25) is 9.36 Å². The Morgan fingerprint density at radius 2 is 1.97 bits per heavy atom. The van der Waals surface area contributed by atoms with E-state index >= 15 is 0 Å². The molecule has 0 unspecified atom stereocenters. The number of nitrogen functional groups attached to an aromatic ring is 2. The number of halogens is 1. The monoisotopic (exact) mass is 564 g/mol. The molecule has 1 aliphatic rings. The topological polar surface area (TPSA) is 222 Å². The summed E-state index contributed by atoms with van der Waals surface area (Å²) in [7, 11) is -3.72. The van der Waals surface area contributed by atoms with Crippen LogP contribution in [0.5, 0.6) is 0 Å². The van der Waals surface area contributed by atoms with Crippen molar-refractivity contribution in [2.24, 2.45) is 11.7 Å². The molecule has 0 bridgehead atoms. The Morgan fingerprint density at radius 1 is 1.27 bits per heavy atom. The van der Waals surface area contributed by atoms with Crippen LogP contribution in [-0.2, 0) is 39.2 Å². The molecule has 2 aromatic heterocycles. The van der Waals surface area contributed by atoms with Crippen LogP contribution < -0.4 is 22.5 Å². The van der Waals surface area contributed by atoms with Crippen LogP contribution in [0.3, 0.4) is 0 Å². The first kappa shape index (κ1) is 30.7. The summed E-state index contributed by atoms with van der Waals surface area (Å²) in [5.74, 6) is -1.31. The summed E-state index contributed by atoms with van der Waals surface area (Å²) in [6, 6.07) is -2.08. The average molecular weight is 565 g/mol. The second-order valence-corrected chi connectivity index (χ2v) is 11.0. The third kappa shape index (κ3) is 7.97. The number of hydrogen-bond donors (Lipinski definition) is 4. The third-order valence-corrected chi connectivity index (χ3v) is 6.80. The zero-order valence-corrected chi connectivity index (χ0v) is 22.7. The molecule has 4 atom stereocenters. The first-order valence-corrected chi connectivity index (χ1v) is 13.1. The minimum atomic E-state index is -3.72. The van der Waals surface area contributed by atoms with Crippen molar-refractivity contribution >= 4 is 54.8 Å². The number of amides is 1. The number of esters is 1. The Labute approximate surface area is 220 Å². The van der Waals surface area contributed by atoms with Gasteiger partial charge < -0.3 is 45.6 Å². The Kier molecular flexibility index (Phi) is 10.6. The Bertz CT molecular complexity index is 1140. The van der Waals surface area contributed by atoms with Crippen molar-refractivity contribution in [3.8, 4) is 0 Å². The van der Waals surface area contributed by atoms with E-state index in [0.29, 0.717) is 11.2 Å². The van der Waals surface area contributed by atoms with Gasteiger partial charge in [-0.25, -0.2) is 9.78 Å². The van der Waals surface area contributed by atoms with Gasteiger partial charge in [0.1, 0.15) is 18.0 Å². The maximum Gasteiger partial charge on any atom is 0.356 e. The number of fused-ring (bicyclic) bond motifs is 1. The molecule has 1 amide bonds. The maximum atomic E-state index is 13.0. The van der Waals surface area contributed by atoms with Gasteiger partial charge in [-0.05, 0) is 19.8 Å². The summed E-state index contributed by atoms with van der Waals surface area (Å²) in [6.07, 6.45) is 0.209. The summed E-state index contributed by atoms with van der Waals surface area (Å²) in [6.45, 7) is 6.61. The molecule has 37 heavy (non-hydrogen) atoms. The van der Waals surface area contributed by atoms with Crippen LogP contribution in [-0.4, -0.2) is 75.2 Å². The van der Waals surface area contributed by atoms with Crippen molar-refractivity contribution in [2.75, 3.05) is 31.0 Å². The summed E-state index contributed by atoms with van der Waals surface area (Å²) in [4.78, 5) is 37.1. The Hall–Kier alpha value is -2.55. The number of carbonyl (C=O) groups is 2. The van der Waals surface area contributed by atoms with E-state index < -0.39 is 50.4 Å². The molecular weight excluding hydrogens is 531 g/mol. The second kappa shape index (κ2) is 12.8. The number of imidazole rings is 1. The van der Waals surface area contributed by atoms with Crippen LogP contribution in [0.2, 0.25) is 0 Å². The molecule has 2 aromatic rings. The number of hydrogen-bond acceptors (Lipinski definition) is 13. The Balaban J connectivity index is 0.00000481. The minimum absolute atomic E-state index is 0. The van der Waals surface area contributed by atoms with Crippen molar-refractivity contribution in [2.45, 2.75) is 58.5 Å². The number of aromatic nitrogens is 4. The van der Waals surface area contributed by atoms with Crippen molar-refractivity contribution in [3.63, 3.8) is 0 Å². The predicted octanol–water partition coefficient (Wildman–Crippen LogP) is 0.415. The first-order chi connectivity index (χ1) is 16.9. The molecule has 0 aliphatic carbocycles. The summed E-state index contributed by atoms with van der Waals surface area (Å²) < 4.78 is 36.5. The number of rotatable bonds is 10. The van der Waals surface area contributed by atoms with Gasteiger partial charge in [-0.2, -0.15) is 9.97 Å². The minimum Gasteiger partial charge on any atom is -0.461 e. The number of anilines is 2. The smallest absolute Gasteiger partial charge is 0.356 e. The van der Waals surface area contributed by atoms with Gasteiger partial charge in [0.15, 0.2) is 17.5 Å². The molecule has 208 valence electrons. The maximum absolute atomic E-state index is 13.0. The fourth-order valence-corrected chi connectivity index (χ4v) is 4.62. The fraction of sp³-hybridized carbons (Fsp3) is 0.650. The standard InChI is InChI=1S/C20H33N8O7P.ClH/c1-10(2)14(21)18(29)25-13(19(30)35-11(3)4)7-34-36(31)9-32-12(6-33-36)5-28-8-24-15-16(22)26-20(23)27-17(15)28;/h8,10-14H,5-7,9,21H2,1-4H3,(H,25,29)(H4,22,23,26,27);1H/t12-,13-,14-,36+;/m0./s1. The molecule has 15 nitrogen and oxygen atoms in total. The molecule has 0 spiro atoms. The van der Waals surface area contributed by atoms with Crippen LogP contribution in [0.15, 0.2) is 6.33 Å². The van der Waals surface area contributed by atoms with Crippen LogP contribution in [0.1, 0.15) is 27.7 Å². The lowest BCUT2D eigenvalue weighted by atomic mass is 10.0. The predicted molar refractivity (Wildman–Crippen MR) is 137 cm³/mol. The lowest BCUT2D eigenvalue weighted by Crippen LogP contribution is -2.52. The van der Waals surface area contributed by atoms with Crippen molar-refractivity contribution in [1.29, 1.82) is 0 Å². The number of ether oxygens (including phenoxy) is 2. The molecule has 3 heterocycles. The number of carbonyl (C=O) groups excluding carboxylic acids is 2. The average Bonchev–Trinajstić information content (AvgIpc) is 3.19. The van der Waals surface area contributed by atoms with Gasteiger partial charge in [0.05, 0.1) is 38.2 Å². The normalized spacial score (nSPS) is 21.4. The van der Waals surface area contributed by atoms with Crippen LogP contribution in [0.4, 0.5) is 11.8 Å². The van der Waals surface area contributed by atoms with E-state index in [9.17, 15) is 14.2 Å². The lowest BCUT2D eigenvalue weighted by molar-refractivity contribution is -0.152. The van der Waals surface area contributed by atoms with Gasteiger partial charge >= 0.3 is 13.6 Å². The number of nitrogens with zero attached hydrogens (tertiary/aromatic N) is 4. The first-order valence-electron chi connectivity index (χ1n) is 11.4. The summed E-state index contributed by atoms with van der Waals surface area (Å²) in [5, 5.41) is 2.50. The van der Waals surface area contributed by atoms with Crippen molar-refractivity contribution in [3.05, 3.63) is 6.33 Å². The highest BCUT2D eigenvalue weighted by atomic mass is 35.5. The van der Waals surface area contributed by atoms with Gasteiger partial charge in [0, 0.05) is 0 Å². The van der Waals surface area contributed by atoms with E-state index in [0.717, 1.165) is 0 Å². The molecule has 0 radical (unpaired) electrons. The SMILES string of the molecule is CC(C)OC(=O)[C@H](CO[P@@]1(=O)CO[C@@H](Cn2cnc3c(N)nc(N)nc32)CO1)NC(=O)[C@@H](N)C(C)C.Cl. The molecule has 0 saturated carbocycles. The second-order valence-electron chi connectivity index (χ2n) is 8.97. The fourth-order valence-electron chi connectivity index (χ4n) is 3.24. The van der Waals surface area contributed by atoms with E-state index in [1.54, 1.807) is 32.3 Å². The van der Waals surface area contributed by atoms with Crippen molar-refractivity contribution < 1.29 is 32.7 Å². The van der Waals surface area contributed by atoms with Crippen LogP contribution in [0.25, 0.3) is 11.2 Å². The highest BCUT2D eigenvalue weighted by molar-refractivity contribution is 7.53. The van der Waals surface area contributed by atoms with Gasteiger partial charge in [0.2, 0.25) is 11.9 Å². The number of nitrogens with two attached hydrogens (primary N) is 3. The van der Waals surface area contributed by atoms with Crippen LogP contribution >= 0.6 is 20.0 Å². The van der Waals surface area contributed by atoms with E-state index in [4.69, 9.17) is 35.7 Å². The van der Waals surface area contributed by atoms with E-state index in [-0.39, 0.29) is 49.6 Å². The zero-order chi connectivity index (χ0) is 26.6. The molecule has 1 aliphatic heterocycles. The molecular formula is C20H34ClN8O7P. The van der Waals surface area contributed by atoms with Crippen molar-refractivity contribution in [1.82, 2.24) is 24.8 Å². The molecule has 17 heteroatoms. The molecule has 3 rings (SSSR count). The summed E-state index contributed by atoms with van der Waals surface area (Å²) >= 11 is 0. The van der Waals surface area contributed by atoms with E-state index in [1.807, 2.05) is 0 Å². The highest BCUT2D eigenvalue weighted by Crippen LogP contribution is 2.51. The third-order valence-electron chi connectivity index (χ3n) is 5.25. The van der Waals surface area contributed by atoms with Gasteiger partial charge in [0.25, 0.3) is 0 Å². The Morgan fingerprint density at radius 3 is 2.57 bits per heavy atom.